The summed E-state index contributed by atoms with van der Waals surface area (Å²) >= 11 is 0. The van der Waals surface area contributed by atoms with Gasteiger partial charge in [0.25, 0.3) is 0 Å². The molecule has 0 aliphatic rings. The predicted molar refractivity (Wildman–Crippen MR) is 201 cm³/mol. The molecular weight excluding hydrogens is 599 g/mol. The lowest BCUT2D eigenvalue weighted by atomic mass is 9.91. The van der Waals surface area contributed by atoms with Crippen molar-refractivity contribution in [3.63, 3.8) is 0 Å². The lowest BCUT2D eigenvalue weighted by Crippen LogP contribution is -2.00. The van der Waals surface area contributed by atoms with Crippen LogP contribution >= 0.6 is 0 Å². The molecule has 0 amide bonds. The average Bonchev–Trinajstić information content (AvgIpc) is 3.64. The molecule has 0 saturated heterocycles. The zero-order valence-corrected chi connectivity index (χ0v) is 25.6. The van der Waals surface area contributed by atoms with Crippen molar-refractivity contribution < 1.29 is 18.1 Å². The normalized spacial score (nSPS) is 14.5. The van der Waals surface area contributed by atoms with Crippen LogP contribution in [0.5, 0.6) is 0 Å². The Hall–Kier alpha value is -6.65. The maximum Gasteiger partial charge on any atom is 0.164 e. The third-order valence-electron chi connectivity index (χ3n) is 8.89. The molecule has 0 spiro atoms. The number of hydrogen-bond acceptors (Lipinski definition) is 4. The molecule has 8 aromatic carbocycles. The Labute approximate surface area is 296 Å². The summed E-state index contributed by atoms with van der Waals surface area (Å²) in [6, 6.07) is 28.6. The first kappa shape index (κ1) is 19.2. The maximum absolute atomic E-state index is 8.64. The molecule has 4 heteroatoms. The van der Waals surface area contributed by atoms with Gasteiger partial charge in [0.05, 0.1) is 13.7 Å². The number of hydrogen-bond donors (Lipinski definition) is 0. The SMILES string of the molecule is [2H]c1c([2H])c([2H])c(-c2nc(-c3ccc4c(c3)oc3cccc(-c5ccc6c7ccccc7c7ccccc7c6c5)c34)nc(-c3c([2H])c([2H])c([2H])c([2H])c3[2H])n2)c([2H])c1[2H]. The quantitative estimate of drug-likeness (QED) is 0.181. The highest BCUT2D eigenvalue weighted by Crippen LogP contribution is 2.41. The van der Waals surface area contributed by atoms with Crippen molar-refractivity contribution in [2.75, 3.05) is 0 Å². The standard InChI is InChI=1S/C45H27N3O/c1-3-12-28(13-4-1)43-46-44(29-14-5-2-6-15-29)48-45(47-43)31-23-25-38-41(27-31)49-40-21-11-20-32(42(38)40)30-22-24-37-35-18-8-7-16-33(35)34-17-9-10-19-36(34)39(37)26-30/h1-27H/i1D,2D,3D,4D,5D,6D,12D,13D,14D,15D. The molecule has 0 fully saturated rings. The summed E-state index contributed by atoms with van der Waals surface area (Å²) in [6.07, 6.45) is 0. The highest BCUT2D eigenvalue weighted by Gasteiger charge is 2.17. The summed E-state index contributed by atoms with van der Waals surface area (Å²) in [7, 11) is 0. The van der Waals surface area contributed by atoms with Crippen LogP contribution in [0, 0.1) is 0 Å². The molecular formula is C45H27N3O. The van der Waals surface area contributed by atoms with Crippen molar-refractivity contribution in [1.29, 1.82) is 0 Å². The van der Waals surface area contributed by atoms with Gasteiger partial charge in [0, 0.05) is 27.5 Å². The van der Waals surface area contributed by atoms with E-state index in [1.807, 2.05) is 18.2 Å². The smallest absolute Gasteiger partial charge is 0.164 e. The first-order valence-electron chi connectivity index (χ1n) is 20.6. The summed E-state index contributed by atoms with van der Waals surface area (Å²) in [5.41, 5.74) is 2.79. The van der Waals surface area contributed by atoms with Crippen molar-refractivity contribution in [2.24, 2.45) is 0 Å². The fourth-order valence-electron chi connectivity index (χ4n) is 6.73. The van der Waals surface area contributed by atoms with E-state index in [0.29, 0.717) is 16.7 Å². The van der Waals surface area contributed by atoms with Crippen LogP contribution in [-0.2, 0) is 0 Å². The molecule has 0 unspecified atom stereocenters. The van der Waals surface area contributed by atoms with Crippen LogP contribution in [0.2, 0.25) is 0 Å². The van der Waals surface area contributed by atoms with Crippen molar-refractivity contribution in [2.45, 2.75) is 0 Å². The van der Waals surface area contributed by atoms with E-state index in [0.717, 1.165) is 38.1 Å². The third-order valence-corrected chi connectivity index (χ3v) is 8.89. The lowest BCUT2D eigenvalue weighted by molar-refractivity contribution is 0.669. The first-order chi connectivity index (χ1) is 28.4. The topological polar surface area (TPSA) is 51.8 Å². The molecule has 2 aromatic heterocycles. The zero-order chi connectivity index (χ0) is 41.0. The van der Waals surface area contributed by atoms with Gasteiger partial charge in [-0.2, -0.15) is 0 Å². The van der Waals surface area contributed by atoms with E-state index in [1.165, 1.54) is 16.2 Å². The minimum absolute atomic E-state index is 0.0418. The van der Waals surface area contributed by atoms with Gasteiger partial charge in [-0.25, -0.2) is 15.0 Å². The number of nitrogens with zero attached hydrogens (tertiary/aromatic N) is 3. The van der Waals surface area contributed by atoms with Gasteiger partial charge in [0.1, 0.15) is 11.2 Å². The molecule has 0 aliphatic heterocycles. The fraction of sp³-hybridized carbons (Fsp3) is 0. The van der Waals surface area contributed by atoms with E-state index in [9.17, 15) is 0 Å². The van der Waals surface area contributed by atoms with Crippen LogP contribution in [0.25, 0.3) is 99.5 Å². The van der Waals surface area contributed by atoms with Crippen LogP contribution in [0.3, 0.4) is 0 Å². The summed E-state index contributed by atoms with van der Waals surface area (Å²) in [6.45, 7) is 0. The van der Waals surface area contributed by atoms with E-state index in [1.54, 1.807) is 12.1 Å². The highest BCUT2D eigenvalue weighted by atomic mass is 16.3. The minimum atomic E-state index is -0.611. The Kier molecular flexibility index (Phi) is 4.31. The van der Waals surface area contributed by atoms with Gasteiger partial charge in [-0.3, -0.25) is 0 Å². The van der Waals surface area contributed by atoms with E-state index in [2.05, 4.69) is 87.7 Å². The minimum Gasteiger partial charge on any atom is -0.456 e. The van der Waals surface area contributed by atoms with Crippen molar-refractivity contribution >= 4 is 54.3 Å². The Morgan fingerprint density at radius 3 is 1.51 bits per heavy atom. The molecule has 0 aliphatic carbocycles. The van der Waals surface area contributed by atoms with Crippen LogP contribution in [0.15, 0.2) is 168 Å². The molecule has 0 radical (unpaired) electrons. The van der Waals surface area contributed by atoms with E-state index < -0.39 is 60.4 Å². The van der Waals surface area contributed by atoms with Gasteiger partial charge in [0.2, 0.25) is 0 Å². The fourth-order valence-corrected chi connectivity index (χ4v) is 6.73. The molecule has 0 N–H and O–H groups in total. The molecule has 0 bridgehead atoms. The Morgan fingerprint density at radius 1 is 0.388 bits per heavy atom. The number of aromatic nitrogens is 3. The van der Waals surface area contributed by atoms with Crippen molar-refractivity contribution in [1.82, 2.24) is 15.0 Å². The summed E-state index contributed by atoms with van der Waals surface area (Å²) in [4.78, 5) is 13.5. The second kappa shape index (κ2) is 11.0. The van der Waals surface area contributed by atoms with Crippen molar-refractivity contribution in [3.8, 4) is 45.3 Å². The van der Waals surface area contributed by atoms with Gasteiger partial charge in [-0.05, 0) is 67.7 Å². The Balaban J connectivity index is 1.18. The van der Waals surface area contributed by atoms with Crippen LogP contribution < -0.4 is 0 Å². The van der Waals surface area contributed by atoms with Crippen LogP contribution in [-0.4, -0.2) is 15.0 Å². The van der Waals surface area contributed by atoms with E-state index >= 15 is 0 Å². The van der Waals surface area contributed by atoms with E-state index in [4.69, 9.17) is 18.1 Å². The number of furan rings is 1. The van der Waals surface area contributed by atoms with Gasteiger partial charge in [-0.1, -0.05) is 139 Å². The van der Waals surface area contributed by atoms with Gasteiger partial charge in [-0.15, -0.1) is 0 Å². The van der Waals surface area contributed by atoms with Crippen LogP contribution in [0.1, 0.15) is 13.7 Å². The Bertz CT molecular complexity index is 3300. The van der Waals surface area contributed by atoms with Gasteiger partial charge >= 0.3 is 0 Å². The molecule has 10 aromatic rings. The summed E-state index contributed by atoms with van der Waals surface area (Å²) in [5.74, 6) is -0.713. The highest BCUT2D eigenvalue weighted by molar-refractivity contribution is 6.26. The van der Waals surface area contributed by atoms with Crippen molar-refractivity contribution in [3.05, 3.63) is 164 Å². The largest absolute Gasteiger partial charge is 0.456 e. The van der Waals surface area contributed by atoms with E-state index in [-0.39, 0.29) is 28.6 Å². The second-order valence-corrected chi connectivity index (χ2v) is 11.6. The number of rotatable bonds is 4. The average molecular weight is 636 g/mol. The molecule has 0 saturated carbocycles. The number of fused-ring (bicyclic) bond motifs is 9. The molecule has 10 rings (SSSR count). The summed E-state index contributed by atoms with van der Waals surface area (Å²) < 4.78 is 90.3. The van der Waals surface area contributed by atoms with Gasteiger partial charge < -0.3 is 4.42 Å². The molecule has 228 valence electrons. The zero-order valence-electron chi connectivity index (χ0n) is 35.6. The Morgan fingerprint density at radius 2 is 0.898 bits per heavy atom. The predicted octanol–water partition coefficient (Wildman–Crippen LogP) is 11.9. The first-order valence-corrected chi connectivity index (χ1v) is 15.6. The molecule has 4 nitrogen and oxygen atoms in total. The summed E-state index contributed by atoms with van der Waals surface area (Å²) in [5, 5.41) is 8.66. The number of benzene rings is 8. The lowest BCUT2D eigenvalue weighted by Gasteiger charge is -2.12. The van der Waals surface area contributed by atoms with Crippen LogP contribution in [0.4, 0.5) is 0 Å². The molecule has 49 heavy (non-hydrogen) atoms. The second-order valence-electron chi connectivity index (χ2n) is 11.6. The maximum atomic E-state index is 8.64. The monoisotopic (exact) mass is 635 g/mol. The molecule has 2 heterocycles. The molecule has 0 atom stereocenters. The third kappa shape index (κ3) is 4.49. The van der Waals surface area contributed by atoms with Gasteiger partial charge in [0.15, 0.2) is 17.5 Å².